The first-order chi connectivity index (χ1) is 11.3. The number of thiophene rings is 1. The van der Waals surface area contributed by atoms with Crippen molar-refractivity contribution in [2.75, 3.05) is 13.1 Å². The van der Waals surface area contributed by atoms with Crippen molar-refractivity contribution >= 4 is 17.4 Å². The van der Waals surface area contributed by atoms with Crippen molar-refractivity contribution in [1.82, 2.24) is 20.4 Å². The summed E-state index contributed by atoms with van der Waals surface area (Å²) < 4.78 is 4.81. The molecule has 3 heterocycles. The van der Waals surface area contributed by atoms with Crippen LogP contribution in [0.4, 0.5) is 4.79 Å². The van der Waals surface area contributed by atoms with Gasteiger partial charge in [-0.25, -0.2) is 4.79 Å². The fourth-order valence-corrected chi connectivity index (χ4v) is 3.82. The standard InChI is InChI=1S/C16H22N4O2S/c1-2-4-13(14-5-3-10-23-14)18-16(21)20-8-6-12(7-9-20)15-17-11-22-19-15/h3,5,10-13H,2,4,6-9H2,1H3,(H,18,21). The summed E-state index contributed by atoms with van der Waals surface area (Å²) in [6.45, 7) is 3.60. The van der Waals surface area contributed by atoms with Crippen molar-refractivity contribution in [1.29, 1.82) is 0 Å². The molecular weight excluding hydrogens is 312 g/mol. The molecule has 1 fully saturated rings. The number of urea groups is 1. The molecule has 124 valence electrons. The van der Waals surface area contributed by atoms with Crippen LogP contribution in [-0.2, 0) is 0 Å². The molecule has 7 heteroatoms. The quantitative estimate of drug-likeness (QED) is 0.907. The van der Waals surface area contributed by atoms with Gasteiger partial charge in [-0.3, -0.25) is 0 Å². The highest BCUT2D eigenvalue weighted by atomic mass is 32.1. The molecule has 0 bridgehead atoms. The van der Waals surface area contributed by atoms with Crippen molar-refractivity contribution in [3.05, 3.63) is 34.6 Å². The van der Waals surface area contributed by atoms with Gasteiger partial charge in [0, 0.05) is 23.9 Å². The number of carbonyl (C=O) groups excluding carboxylic acids is 1. The molecule has 0 spiro atoms. The average molecular weight is 334 g/mol. The molecule has 1 unspecified atom stereocenters. The van der Waals surface area contributed by atoms with E-state index >= 15 is 0 Å². The van der Waals surface area contributed by atoms with Crippen LogP contribution in [0.25, 0.3) is 0 Å². The van der Waals surface area contributed by atoms with Crippen LogP contribution in [0.5, 0.6) is 0 Å². The van der Waals surface area contributed by atoms with E-state index in [0.717, 1.165) is 44.6 Å². The largest absolute Gasteiger partial charge is 0.343 e. The average Bonchev–Trinajstić information content (AvgIpc) is 3.28. The molecule has 23 heavy (non-hydrogen) atoms. The Kier molecular flexibility index (Phi) is 5.27. The molecule has 0 saturated carbocycles. The molecule has 1 atom stereocenters. The zero-order valence-corrected chi connectivity index (χ0v) is 14.1. The number of amides is 2. The van der Waals surface area contributed by atoms with Gasteiger partial charge in [0.2, 0.25) is 6.39 Å². The van der Waals surface area contributed by atoms with Crippen LogP contribution < -0.4 is 5.32 Å². The molecule has 1 aliphatic rings. The van der Waals surface area contributed by atoms with E-state index in [9.17, 15) is 4.79 Å². The molecule has 1 N–H and O–H groups in total. The van der Waals surface area contributed by atoms with Crippen LogP contribution in [0, 0.1) is 0 Å². The second kappa shape index (κ2) is 7.59. The Hall–Kier alpha value is -1.89. The first kappa shape index (κ1) is 16.0. The number of nitrogens with zero attached hydrogens (tertiary/aromatic N) is 3. The first-order valence-electron chi connectivity index (χ1n) is 8.13. The minimum Gasteiger partial charge on any atom is -0.343 e. The predicted octanol–water partition coefficient (Wildman–Crippen LogP) is 3.56. The molecule has 0 aliphatic carbocycles. The van der Waals surface area contributed by atoms with Crippen LogP contribution in [0.1, 0.15) is 55.3 Å². The van der Waals surface area contributed by atoms with Crippen molar-refractivity contribution in [2.24, 2.45) is 0 Å². The number of carbonyl (C=O) groups is 1. The third-order valence-electron chi connectivity index (χ3n) is 4.29. The highest BCUT2D eigenvalue weighted by molar-refractivity contribution is 7.10. The fraction of sp³-hybridized carbons (Fsp3) is 0.562. The number of aromatic nitrogens is 2. The maximum atomic E-state index is 12.5. The van der Waals surface area contributed by atoms with E-state index in [1.807, 2.05) is 11.0 Å². The van der Waals surface area contributed by atoms with Crippen LogP contribution in [0.3, 0.4) is 0 Å². The lowest BCUT2D eigenvalue weighted by Gasteiger charge is -2.32. The monoisotopic (exact) mass is 334 g/mol. The fourth-order valence-electron chi connectivity index (χ4n) is 3.00. The molecule has 2 amide bonds. The van der Waals surface area contributed by atoms with Gasteiger partial charge in [0.15, 0.2) is 5.82 Å². The van der Waals surface area contributed by atoms with Crippen LogP contribution in [0.15, 0.2) is 28.4 Å². The second-order valence-electron chi connectivity index (χ2n) is 5.86. The van der Waals surface area contributed by atoms with Crippen molar-refractivity contribution in [3.63, 3.8) is 0 Å². The molecule has 3 rings (SSSR count). The Morgan fingerprint density at radius 3 is 2.96 bits per heavy atom. The van der Waals surface area contributed by atoms with E-state index in [2.05, 4.69) is 33.8 Å². The zero-order chi connectivity index (χ0) is 16.1. The van der Waals surface area contributed by atoms with E-state index in [-0.39, 0.29) is 12.1 Å². The zero-order valence-electron chi connectivity index (χ0n) is 13.3. The van der Waals surface area contributed by atoms with Crippen molar-refractivity contribution in [3.8, 4) is 0 Å². The normalized spacial score (nSPS) is 17.2. The highest BCUT2D eigenvalue weighted by Crippen LogP contribution is 2.27. The molecule has 2 aromatic heterocycles. The van der Waals surface area contributed by atoms with Gasteiger partial charge in [0.05, 0.1) is 6.04 Å². The van der Waals surface area contributed by atoms with Gasteiger partial charge in [0.1, 0.15) is 0 Å². The summed E-state index contributed by atoms with van der Waals surface area (Å²) in [6.07, 6.45) is 5.13. The summed E-state index contributed by atoms with van der Waals surface area (Å²) in [7, 11) is 0. The summed E-state index contributed by atoms with van der Waals surface area (Å²) in [5, 5.41) is 9.16. The van der Waals surface area contributed by atoms with Gasteiger partial charge < -0.3 is 14.7 Å². The smallest absolute Gasteiger partial charge is 0.317 e. The first-order valence-corrected chi connectivity index (χ1v) is 9.01. The van der Waals surface area contributed by atoms with Gasteiger partial charge in [-0.1, -0.05) is 24.6 Å². The lowest BCUT2D eigenvalue weighted by atomic mass is 9.96. The van der Waals surface area contributed by atoms with Crippen LogP contribution in [0.2, 0.25) is 0 Å². The van der Waals surface area contributed by atoms with Gasteiger partial charge in [-0.15, -0.1) is 11.3 Å². The topological polar surface area (TPSA) is 71.3 Å². The summed E-state index contributed by atoms with van der Waals surface area (Å²) >= 11 is 1.70. The Labute approximate surface area is 139 Å². The Balaban J connectivity index is 1.54. The maximum Gasteiger partial charge on any atom is 0.317 e. The Morgan fingerprint density at radius 1 is 1.52 bits per heavy atom. The van der Waals surface area contributed by atoms with Crippen LogP contribution >= 0.6 is 11.3 Å². The predicted molar refractivity (Wildman–Crippen MR) is 88.3 cm³/mol. The number of rotatable bonds is 5. The molecule has 2 aromatic rings. The molecule has 0 radical (unpaired) electrons. The molecular formula is C16H22N4O2S. The number of nitrogens with one attached hydrogen (secondary N) is 1. The second-order valence-corrected chi connectivity index (χ2v) is 6.84. The number of hydrogen-bond acceptors (Lipinski definition) is 5. The minimum atomic E-state index is 0.0309. The SMILES string of the molecule is CCCC(NC(=O)N1CCC(c2ncon2)CC1)c1cccs1. The minimum absolute atomic E-state index is 0.0309. The summed E-state index contributed by atoms with van der Waals surface area (Å²) in [5.74, 6) is 1.05. The van der Waals surface area contributed by atoms with Gasteiger partial charge in [-0.05, 0) is 30.7 Å². The van der Waals surface area contributed by atoms with E-state index < -0.39 is 0 Å². The Morgan fingerprint density at radius 2 is 2.35 bits per heavy atom. The molecule has 0 aromatic carbocycles. The third kappa shape index (κ3) is 3.90. The third-order valence-corrected chi connectivity index (χ3v) is 5.27. The summed E-state index contributed by atoms with van der Waals surface area (Å²) in [5.41, 5.74) is 0. The van der Waals surface area contributed by atoms with Crippen molar-refractivity contribution < 1.29 is 9.32 Å². The maximum absolute atomic E-state index is 12.5. The summed E-state index contributed by atoms with van der Waals surface area (Å²) in [4.78, 5) is 19.8. The number of piperidine rings is 1. The van der Waals surface area contributed by atoms with E-state index in [0.29, 0.717) is 5.92 Å². The van der Waals surface area contributed by atoms with Crippen LogP contribution in [-0.4, -0.2) is 34.2 Å². The van der Waals surface area contributed by atoms with E-state index in [4.69, 9.17) is 4.52 Å². The van der Waals surface area contributed by atoms with Gasteiger partial charge in [0.25, 0.3) is 0 Å². The lowest BCUT2D eigenvalue weighted by Crippen LogP contribution is -2.45. The molecule has 1 aliphatic heterocycles. The molecule has 1 saturated heterocycles. The summed E-state index contributed by atoms with van der Waals surface area (Å²) in [6, 6.07) is 4.27. The molecule has 6 nitrogen and oxygen atoms in total. The van der Waals surface area contributed by atoms with Gasteiger partial charge >= 0.3 is 6.03 Å². The Bertz CT molecular complexity index is 592. The van der Waals surface area contributed by atoms with Gasteiger partial charge in [-0.2, -0.15) is 4.98 Å². The number of hydrogen-bond donors (Lipinski definition) is 1. The van der Waals surface area contributed by atoms with E-state index in [1.54, 1.807) is 11.3 Å². The highest BCUT2D eigenvalue weighted by Gasteiger charge is 2.27. The van der Waals surface area contributed by atoms with E-state index in [1.165, 1.54) is 11.3 Å². The van der Waals surface area contributed by atoms with Crippen molar-refractivity contribution in [2.45, 2.75) is 44.6 Å². The number of likely N-dealkylation sites (tertiary alicyclic amines) is 1. The lowest BCUT2D eigenvalue weighted by molar-refractivity contribution is 0.175.